The van der Waals surface area contributed by atoms with Gasteiger partial charge in [-0.05, 0) is 18.6 Å². The summed E-state index contributed by atoms with van der Waals surface area (Å²) in [5.74, 6) is -0.265. The van der Waals surface area contributed by atoms with Crippen LogP contribution in [0.3, 0.4) is 0 Å². The number of nitrogens with zero attached hydrogens (tertiary/aromatic N) is 4. The van der Waals surface area contributed by atoms with Crippen molar-refractivity contribution in [1.82, 2.24) is 25.0 Å². The molecule has 2 aromatic rings. The van der Waals surface area contributed by atoms with E-state index < -0.39 is 11.6 Å². The Bertz CT molecular complexity index is 712. The highest BCUT2D eigenvalue weighted by Gasteiger charge is 2.51. The van der Waals surface area contributed by atoms with Crippen LogP contribution in [0.25, 0.3) is 0 Å². The first-order valence-electron chi connectivity index (χ1n) is 7.10. The number of carbonyl (C=O) groups is 2. The Morgan fingerprint density at radius 3 is 2.73 bits per heavy atom. The second-order valence-electron chi connectivity index (χ2n) is 5.30. The highest BCUT2D eigenvalue weighted by Crippen LogP contribution is 2.32. The van der Waals surface area contributed by atoms with Gasteiger partial charge in [-0.1, -0.05) is 13.0 Å². The molecule has 0 aromatic carbocycles. The zero-order chi connectivity index (χ0) is 15.7. The van der Waals surface area contributed by atoms with Gasteiger partial charge in [0.1, 0.15) is 5.54 Å². The van der Waals surface area contributed by atoms with Gasteiger partial charge in [0.2, 0.25) is 0 Å². The Labute approximate surface area is 127 Å². The van der Waals surface area contributed by atoms with E-state index >= 15 is 0 Å². The Balaban J connectivity index is 1.93. The monoisotopic (exact) mass is 299 g/mol. The molecule has 114 valence electrons. The molecule has 1 saturated heterocycles. The number of rotatable bonds is 4. The minimum Gasteiger partial charge on any atom is -0.319 e. The molecule has 2 aromatic heterocycles. The van der Waals surface area contributed by atoms with E-state index in [-0.39, 0.29) is 12.5 Å². The first kappa shape index (κ1) is 14.2. The maximum atomic E-state index is 12.9. The number of nitrogens with one attached hydrogen (secondary N) is 1. The summed E-state index contributed by atoms with van der Waals surface area (Å²) in [6.07, 6.45) is 5.47. The summed E-state index contributed by atoms with van der Waals surface area (Å²) >= 11 is 0. The number of imide groups is 1. The van der Waals surface area contributed by atoms with Crippen molar-refractivity contribution in [3.63, 3.8) is 0 Å². The zero-order valence-electron chi connectivity index (χ0n) is 12.5. The van der Waals surface area contributed by atoms with Crippen molar-refractivity contribution >= 4 is 11.9 Å². The summed E-state index contributed by atoms with van der Waals surface area (Å²) in [4.78, 5) is 30.5. The number of amides is 3. The molecule has 1 N–H and O–H groups in total. The molecule has 0 bridgehead atoms. The quantitative estimate of drug-likeness (QED) is 0.859. The van der Waals surface area contributed by atoms with E-state index in [0.29, 0.717) is 17.7 Å². The summed E-state index contributed by atoms with van der Waals surface area (Å²) in [6, 6.07) is 5.01. The smallest absolute Gasteiger partial charge is 0.319 e. The van der Waals surface area contributed by atoms with Crippen LogP contribution in [0.5, 0.6) is 0 Å². The lowest BCUT2D eigenvalue weighted by Gasteiger charge is -2.23. The van der Waals surface area contributed by atoms with Crippen molar-refractivity contribution in [2.45, 2.75) is 25.4 Å². The summed E-state index contributed by atoms with van der Waals surface area (Å²) in [6.45, 7) is 2.03. The van der Waals surface area contributed by atoms with Crippen LogP contribution < -0.4 is 5.32 Å². The first-order chi connectivity index (χ1) is 10.6. The Morgan fingerprint density at radius 2 is 2.14 bits per heavy atom. The van der Waals surface area contributed by atoms with Crippen LogP contribution in [0.15, 0.2) is 36.8 Å². The molecule has 1 fully saturated rings. The molecule has 1 atom stereocenters. The molecule has 0 unspecified atom stereocenters. The summed E-state index contributed by atoms with van der Waals surface area (Å²) < 4.78 is 1.62. The fourth-order valence-corrected chi connectivity index (χ4v) is 2.70. The molecule has 0 aliphatic carbocycles. The normalized spacial score (nSPS) is 21.3. The number of aromatic nitrogens is 3. The Morgan fingerprint density at radius 1 is 1.32 bits per heavy atom. The molecule has 1 aliphatic rings. The van der Waals surface area contributed by atoms with Crippen molar-refractivity contribution in [2.24, 2.45) is 7.05 Å². The topological polar surface area (TPSA) is 80.1 Å². The van der Waals surface area contributed by atoms with Gasteiger partial charge in [-0.25, -0.2) is 4.79 Å². The number of carbonyl (C=O) groups excluding carboxylic acids is 2. The molecule has 22 heavy (non-hydrogen) atoms. The second-order valence-corrected chi connectivity index (χ2v) is 5.30. The predicted molar refractivity (Wildman–Crippen MR) is 78.5 cm³/mol. The van der Waals surface area contributed by atoms with Gasteiger partial charge in [0.25, 0.3) is 5.91 Å². The highest BCUT2D eigenvalue weighted by molar-refractivity contribution is 6.07. The molecular weight excluding hydrogens is 282 g/mol. The third-order valence-electron chi connectivity index (χ3n) is 3.95. The van der Waals surface area contributed by atoms with E-state index in [0.717, 1.165) is 0 Å². The minimum absolute atomic E-state index is 0.160. The molecule has 3 rings (SSSR count). The molecule has 3 heterocycles. The third-order valence-corrected chi connectivity index (χ3v) is 3.95. The van der Waals surface area contributed by atoms with E-state index in [1.165, 1.54) is 4.90 Å². The number of aryl methyl sites for hydroxylation is 1. The van der Waals surface area contributed by atoms with Gasteiger partial charge in [0.15, 0.2) is 0 Å². The number of pyridine rings is 1. The van der Waals surface area contributed by atoms with Gasteiger partial charge < -0.3 is 5.32 Å². The van der Waals surface area contributed by atoms with Gasteiger partial charge in [0, 0.05) is 25.0 Å². The lowest BCUT2D eigenvalue weighted by atomic mass is 9.89. The van der Waals surface area contributed by atoms with Crippen LogP contribution in [-0.2, 0) is 23.9 Å². The summed E-state index contributed by atoms with van der Waals surface area (Å²) in [5, 5.41) is 6.93. The lowest BCUT2D eigenvalue weighted by Crippen LogP contribution is -2.43. The molecular formula is C15H17N5O2. The first-order valence-corrected chi connectivity index (χ1v) is 7.10. The molecule has 1 aliphatic heterocycles. The minimum atomic E-state index is -1.04. The SMILES string of the molecule is CC[C@]1(c2cnn(C)c2)NC(=O)N(Cc2ccccn2)C1=O. The van der Waals surface area contributed by atoms with Crippen LogP contribution in [0.2, 0.25) is 0 Å². The largest absolute Gasteiger partial charge is 0.325 e. The molecule has 0 saturated carbocycles. The van der Waals surface area contributed by atoms with Crippen molar-refractivity contribution in [3.8, 4) is 0 Å². The molecule has 3 amide bonds. The maximum absolute atomic E-state index is 12.9. The van der Waals surface area contributed by atoms with Crippen molar-refractivity contribution in [2.75, 3.05) is 0 Å². The zero-order valence-corrected chi connectivity index (χ0v) is 12.5. The van der Waals surface area contributed by atoms with E-state index in [1.807, 2.05) is 13.0 Å². The van der Waals surface area contributed by atoms with Crippen LogP contribution in [0.4, 0.5) is 4.79 Å². The highest BCUT2D eigenvalue weighted by atomic mass is 16.2. The average Bonchev–Trinajstić information content (AvgIpc) is 3.06. The standard InChI is InChI=1S/C15H17N5O2/c1-3-15(11-8-17-19(2)9-11)13(21)20(14(22)18-15)10-12-6-4-5-7-16-12/h4-9H,3,10H2,1-2H3,(H,18,22)/t15-/m1/s1. The van der Waals surface area contributed by atoms with Crippen molar-refractivity contribution in [1.29, 1.82) is 0 Å². The van der Waals surface area contributed by atoms with Gasteiger partial charge in [-0.3, -0.25) is 19.4 Å². The van der Waals surface area contributed by atoms with E-state index in [9.17, 15) is 9.59 Å². The van der Waals surface area contributed by atoms with Crippen LogP contribution in [-0.4, -0.2) is 31.6 Å². The fourth-order valence-electron chi connectivity index (χ4n) is 2.70. The number of hydrogen-bond acceptors (Lipinski definition) is 4. The third kappa shape index (κ3) is 2.14. The van der Waals surface area contributed by atoms with Crippen LogP contribution in [0, 0.1) is 0 Å². The van der Waals surface area contributed by atoms with Gasteiger partial charge in [0.05, 0.1) is 18.4 Å². The van der Waals surface area contributed by atoms with Crippen LogP contribution in [0.1, 0.15) is 24.6 Å². The molecule has 7 heteroatoms. The molecule has 0 radical (unpaired) electrons. The number of urea groups is 1. The van der Waals surface area contributed by atoms with Crippen molar-refractivity contribution in [3.05, 3.63) is 48.0 Å². The van der Waals surface area contributed by atoms with Crippen molar-refractivity contribution < 1.29 is 9.59 Å². The lowest BCUT2D eigenvalue weighted by molar-refractivity contribution is -0.132. The molecule has 0 spiro atoms. The fraction of sp³-hybridized carbons (Fsp3) is 0.333. The van der Waals surface area contributed by atoms with Crippen LogP contribution >= 0.6 is 0 Å². The Kier molecular flexibility index (Phi) is 3.40. The van der Waals surface area contributed by atoms with Gasteiger partial charge in [-0.2, -0.15) is 5.10 Å². The average molecular weight is 299 g/mol. The predicted octanol–water partition coefficient (Wildman–Crippen LogP) is 1.17. The molecule has 7 nitrogen and oxygen atoms in total. The second kappa shape index (κ2) is 5.25. The van der Waals surface area contributed by atoms with E-state index in [1.54, 1.807) is 42.5 Å². The Hall–Kier alpha value is -2.70. The maximum Gasteiger partial charge on any atom is 0.325 e. The summed E-state index contributed by atoms with van der Waals surface area (Å²) in [7, 11) is 1.78. The number of hydrogen-bond donors (Lipinski definition) is 1. The van der Waals surface area contributed by atoms with E-state index in [4.69, 9.17) is 0 Å². The van der Waals surface area contributed by atoms with Gasteiger partial charge >= 0.3 is 6.03 Å². The van der Waals surface area contributed by atoms with Gasteiger partial charge in [-0.15, -0.1) is 0 Å². The van der Waals surface area contributed by atoms with E-state index in [2.05, 4.69) is 15.4 Å². The summed E-state index contributed by atoms with van der Waals surface area (Å²) in [5.41, 5.74) is 0.323.